The van der Waals surface area contributed by atoms with E-state index in [4.69, 9.17) is 9.47 Å². The molecule has 0 aliphatic carbocycles. The molecule has 0 aromatic rings. The summed E-state index contributed by atoms with van der Waals surface area (Å²) in [5, 5.41) is 2.73. The molecule has 32 heavy (non-hydrogen) atoms. The zero-order valence-corrected chi connectivity index (χ0v) is 20.6. The van der Waals surface area contributed by atoms with Crippen molar-refractivity contribution in [1.82, 2.24) is 5.32 Å². The number of carbonyl (C=O) groups is 3. The molecule has 1 N–H and O–H groups in total. The van der Waals surface area contributed by atoms with E-state index in [0.29, 0.717) is 6.54 Å². The topological polar surface area (TPSA) is 81.7 Å². The third-order valence-electron chi connectivity index (χ3n) is 5.56. The van der Waals surface area contributed by atoms with E-state index in [9.17, 15) is 14.4 Å². The summed E-state index contributed by atoms with van der Waals surface area (Å²) in [6.07, 6.45) is 19.7. The van der Waals surface area contributed by atoms with Gasteiger partial charge >= 0.3 is 5.97 Å². The molecule has 0 fully saturated rings. The fourth-order valence-corrected chi connectivity index (χ4v) is 3.52. The van der Waals surface area contributed by atoms with Gasteiger partial charge in [0.2, 0.25) is 6.10 Å². The zero-order chi connectivity index (χ0) is 23.9. The van der Waals surface area contributed by atoms with Crippen LogP contribution in [-0.2, 0) is 23.9 Å². The van der Waals surface area contributed by atoms with Gasteiger partial charge in [0.1, 0.15) is 6.61 Å². The summed E-state index contributed by atoms with van der Waals surface area (Å²) < 4.78 is 9.61. The van der Waals surface area contributed by atoms with Crippen molar-refractivity contribution in [3.63, 3.8) is 0 Å². The highest BCUT2D eigenvalue weighted by Crippen LogP contribution is 2.13. The predicted octanol–water partition coefficient (Wildman–Crippen LogP) is 6.03. The maximum absolute atomic E-state index is 12.1. The van der Waals surface area contributed by atoms with Crippen LogP contribution in [0.3, 0.4) is 0 Å². The van der Waals surface area contributed by atoms with E-state index in [1.165, 1.54) is 90.4 Å². The monoisotopic (exact) mass is 453 g/mol. The number of unbranched alkanes of at least 4 members (excludes halogenated alkanes) is 15. The normalized spacial score (nSPS) is 11.6. The quantitative estimate of drug-likeness (QED) is 0.0884. The first kappa shape index (κ1) is 30.1. The van der Waals surface area contributed by atoms with Crippen LogP contribution >= 0.6 is 0 Å². The molecule has 0 rings (SSSR count). The molecule has 1 atom stereocenters. The second-order valence-electron chi connectivity index (χ2n) is 8.69. The van der Waals surface area contributed by atoms with Crippen LogP contribution in [0.2, 0.25) is 0 Å². The molecule has 1 amide bonds. The number of nitrogens with one attached hydrogen (secondary N) is 1. The van der Waals surface area contributed by atoms with Gasteiger partial charge < -0.3 is 14.8 Å². The molecule has 6 nitrogen and oxygen atoms in total. The van der Waals surface area contributed by atoms with E-state index >= 15 is 0 Å². The summed E-state index contributed by atoms with van der Waals surface area (Å²) in [5.41, 5.74) is 0.225. The summed E-state index contributed by atoms with van der Waals surface area (Å²) in [5.74, 6) is -1.07. The molecule has 0 radical (unpaired) electrons. The van der Waals surface area contributed by atoms with E-state index in [2.05, 4.69) is 18.8 Å². The van der Waals surface area contributed by atoms with Crippen LogP contribution in [0.25, 0.3) is 0 Å². The lowest BCUT2D eigenvalue weighted by atomic mass is 10.0. The van der Waals surface area contributed by atoms with Gasteiger partial charge in [0.25, 0.3) is 12.4 Å². The second kappa shape index (κ2) is 22.3. The minimum absolute atomic E-state index is 0.188. The third kappa shape index (κ3) is 18.9. The minimum atomic E-state index is -1.13. The largest absolute Gasteiger partial charge is 0.458 e. The van der Waals surface area contributed by atoms with E-state index in [1.807, 2.05) is 0 Å². The van der Waals surface area contributed by atoms with Crippen LogP contribution in [0.4, 0.5) is 0 Å². The van der Waals surface area contributed by atoms with Crippen LogP contribution in [0.15, 0.2) is 12.2 Å². The van der Waals surface area contributed by atoms with Gasteiger partial charge in [-0.15, -0.1) is 0 Å². The van der Waals surface area contributed by atoms with E-state index in [0.717, 1.165) is 19.3 Å². The predicted molar refractivity (Wildman–Crippen MR) is 129 cm³/mol. The van der Waals surface area contributed by atoms with Gasteiger partial charge in [0.15, 0.2) is 0 Å². The Hall–Kier alpha value is -1.85. The van der Waals surface area contributed by atoms with Gasteiger partial charge in [0.05, 0.1) is 0 Å². The standard InChI is InChI=1S/C26H47NO5/c1-4-5-6-7-8-9-10-11-12-13-14-15-16-17-18-19-20-27-25(29)24(32-22-28)21-31-26(30)23(2)3/h22,24H,2,4-21H2,1,3H3,(H,27,29). The van der Waals surface area contributed by atoms with Crippen LogP contribution < -0.4 is 5.32 Å². The molecule has 6 heteroatoms. The Bertz CT molecular complexity index is 506. The lowest BCUT2D eigenvalue weighted by Crippen LogP contribution is -2.40. The Kier molecular flexibility index (Phi) is 21.1. The number of hydrogen-bond acceptors (Lipinski definition) is 5. The highest BCUT2D eigenvalue weighted by atomic mass is 16.6. The zero-order valence-electron chi connectivity index (χ0n) is 20.6. The van der Waals surface area contributed by atoms with Gasteiger partial charge in [-0.3, -0.25) is 9.59 Å². The molecule has 186 valence electrons. The third-order valence-corrected chi connectivity index (χ3v) is 5.56. The summed E-state index contributed by atoms with van der Waals surface area (Å²) in [7, 11) is 0. The summed E-state index contributed by atoms with van der Waals surface area (Å²) in [6, 6.07) is 0. The van der Waals surface area contributed by atoms with Gasteiger partial charge in [-0.05, 0) is 13.3 Å². The molecule has 0 aromatic carbocycles. The van der Waals surface area contributed by atoms with E-state index in [-0.39, 0.29) is 18.7 Å². The maximum atomic E-state index is 12.1. The van der Waals surface area contributed by atoms with Crippen molar-refractivity contribution in [2.24, 2.45) is 0 Å². The van der Waals surface area contributed by atoms with Crippen molar-refractivity contribution in [2.75, 3.05) is 13.2 Å². The van der Waals surface area contributed by atoms with E-state index in [1.54, 1.807) is 0 Å². The number of rotatable bonds is 23. The Balaban J connectivity index is 3.52. The van der Waals surface area contributed by atoms with Crippen molar-refractivity contribution in [1.29, 1.82) is 0 Å². The molecular weight excluding hydrogens is 406 g/mol. The van der Waals surface area contributed by atoms with Crippen LogP contribution in [-0.4, -0.2) is 37.6 Å². The highest BCUT2D eigenvalue weighted by Gasteiger charge is 2.21. The molecule has 0 spiro atoms. The molecular formula is C26H47NO5. The number of ether oxygens (including phenoxy) is 2. The smallest absolute Gasteiger partial charge is 0.333 e. The average molecular weight is 454 g/mol. The number of hydrogen-bond donors (Lipinski definition) is 1. The second-order valence-corrected chi connectivity index (χ2v) is 8.69. The fraction of sp³-hybridized carbons (Fsp3) is 0.808. The average Bonchev–Trinajstić information content (AvgIpc) is 2.78. The number of esters is 1. The van der Waals surface area contributed by atoms with Gasteiger partial charge in [0, 0.05) is 12.1 Å². The summed E-state index contributed by atoms with van der Waals surface area (Å²) in [4.78, 5) is 34.0. The molecule has 1 unspecified atom stereocenters. The Morgan fingerprint density at radius 2 is 1.25 bits per heavy atom. The van der Waals surface area contributed by atoms with Gasteiger partial charge in [-0.1, -0.05) is 110 Å². The molecule has 0 saturated heterocycles. The van der Waals surface area contributed by atoms with Gasteiger partial charge in [-0.2, -0.15) is 0 Å². The fourth-order valence-electron chi connectivity index (χ4n) is 3.52. The molecule has 0 bridgehead atoms. The molecule has 0 aliphatic rings. The number of amides is 1. The number of carbonyl (C=O) groups excluding carboxylic acids is 3. The maximum Gasteiger partial charge on any atom is 0.333 e. The summed E-state index contributed by atoms with van der Waals surface area (Å²) in [6.45, 7) is 7.63. The minimum Gasteiger partial charge on any atom is -0.458 e. The SMILES string of the molecule is C=C(C)C(=O)OCC(OC=O)C(=O)NCCCCCCCCCCCCCCCCCC. The van der Waals surface area contributed by atoms with Crippen molar-refractivity contribution in [3.8, 4) is 0 Å². The van der Waals surface area contributed by atoms with Crippen molar-refractivity contribution >= 4 is 18.3 Å². The van der Waals surface area contributed by atoms with Crippen molar-refractivity contribution in [3.05, 3.63) is 12.2 Å². The van der Waals surface area contributed by atoms with Crippen molar-refractivity contribution in [2.45, 2.75) is 123 Å². The van der Waals surface area contributed by atoms with Crippen LogP contribution in [0.5, 0.6) is 0 Å². The first-order valence-electron chi connectivity index (χ1n) is 12.7. The van der Waals surface area contributed by atoms with Crippen LogP contribution in [0.1, 0.15) is 117 Å². The summed E-state index contributed by atoms with van der Waals surface area (Å²) >= 11 is 0. The molecule has 0 aliphatic heterocycles. The first-order valence-corrected chi connectivity index (χ1v) is 12.7. The molecule has 0 heterocycles. The molecule has 0 aromatic heterocycles. The van der Waals surface area contributed by atoms with Crippen molar-refractivity contribution < 1.29 is 23.9 Å². The van der Waals surface area contributed by atoms with E-state index < -0.39 is 18.0 Å². The lowest BCUT2D eigenvalue weighted by Gasteiger charge is -2.15. The lowest BCUT2D eigenvalue weighted by molar-refractivity contribution is -0.154. The first-order chi connectivity index (χ1) is 15.5. The Labute approximate surface area is 195 Å². The Morgan fingerprint density at radius 1 is 0.812 bits per heavy atom. The highest BCUT2D eigenvalue weighted by molar-refractivity contribution is 5.87. The Morgan fingerprint density at radius 3 is 1.66 bits per heavy atom. The van der Waals surface area contributed by atoms with Crippen LogP contribution in [0, 0.1) is 0 Å². The van der Waals surface area contributed by atoms with Gasteiger partial charge in [-0.25, -0.2) is 4.79 Å². The molecule has 0 saturated carbocycles.